The zero-order valence-electron chi connectivity index (χ0n) is 9.63. The van der Waals surface area contributed by atoms with Crippen molar-refractivity contribution in [1.82, 2.24) is 10.2 Å². The van der Waals surface area contributed by atoms with E-state index in [1.807, 2.05) is 0 Å². The monoisotopic (exact) mass is 196 g/mol. The van der Waals surface area contributed by atoms with Gasteiger partial charge in [0.05, 0.1) is 0 Å². The summed E-state index contributed by atoms with van der Waals surface area (Å²) in [6.07, 6.45) is 5.66. The van der Waals surface area contributed by atoms with E-state index in [9.17, 15) is 0 Å². The van der Waals surface area contributed by atoms with Crippen LogP contribution in [0.25, 0.3) is 0 Å². The fourth-order valence-electron chi connectivity index (χ4n) is 2.48. The zero-order chi connectivity index (χ0) is 9.97. The summed E-state index contributed by atoms with van der Waals surface area (Å²) < 4.78 is 0. The summed E-state index contributed by atoms with van der Waals surface area (Å²) in [4.78, 5) is 2.72. The molecule has 1 atom stereocenters. The summed E-state index contributed by atoms with van der Waals surface area (Å²) in [5.41, 5.74) is 0. The molecule has 2 fully saturated rings. The second kappa shape index (κ2) is 4.63. The van der Waals surface area contributed by atoms with Crippen LogP contribution in [0, 0.1) is 5.92 Å². The van der Waals surface area contributed by atoms with Crippen molar-refractivity contribution < 1.29 is 0 Å². The van der Waals surface area contributed by atoms with Crippen molar-refractivity contribution in [1.29, 1.82) is 0 Å². The van der Waals surface area contributed by atoms with Gasteiger partial charge in [-0.05, 0) is 38.1 Å². The second-order valence-electron chi connectivity index (χ2n) is 5.37. The first-order valence-corrected chi connectivity index (χ1v) is 6.23. The molecule has 0 bridgehead atoms. The van der Waals surface area contributed by atoms with Crippen molar-refractivity contribution in [2.24, 2.45) is 5.92 Å². The fraction of sp³-hybridized carbons (Fsp3) is 1.00. The Morgan fingerprint density at radius 1 is 1.29 bits per heavy atom. The third kappa shape index (κ3) is 2.96. The topological polar surface area (TPSA) is 15.3 Å². The predicted molar refractivity (Wildman–Crippen MR) is 60.5 cm³/mol. The summed E-state index contributed by atoms with van der Waals surface area (Å²) in [5.74, 6) is 0.817. The van der Waals surface area contributed by atoms with Crippen LogP contribution in [0.3, 0.4) is 0 Å². The van der Waals surface area contributed by atoms with Crippen LogP contribution in [0.1, 0.15) is 39.5 Å². The molecule has 82 valence electrons. The van der Waals surface area contributed by atoms with Crippen LogP contribution in [-0.4, -0.2) is 36.6 Å². The predicted octanol–water partition coefficient (Wildman–Crippen LogP) is 1.86. The molecule has 14 heavy (non-hydrogen) atoms. The minimum atomic E-state index is 0.786. The molecule has 2 rings (SSSR count). The Morgan fingerprint density at radius 3 is 2.57 bits per heavy atom. The molecule has 0 aromatic heterocycles. The van der Waals surface area contributed by atoms with Crippen LogP contribution >= 0.6 is 0 Å². The summed E-state index contributed by atoms with van der Waals surface area (Å²) in [6, 6.07) is 1.72. The van der Waals surface area contributed by atoms with Crippen LogP contribution in [-0.2, 0) is 0 Å². The van der Waals surface area contributed by atoms with E-state index in [0.29, 0.717) is 0 Å². The minimum Gasteiger partial charge on any atom is -0.313 e. The molecule has 1 unspecified atom stereocenters. The molecule has 2 nitrogen and oxygen atoms in total. The molecule has 0 aromatic carbocycles. The van der Waals surface area contributed by atoms with Gasteiger partial charge in [-0.3, -0.25) is 4.90 Å². The van der Waals surface area contributed by atoms with Crippen molar-refractivity contribution in [3.63, 3.8) is 0 Å². The average Bonchev–Trinajstić information content (AvgIpc) is 2.85. The SMILES string of the molecule is CC(C)CN(CC1CCCN1)C1CC1. The molecule has 0 radical (unpaired) electrons. The van der Waals surface area contributed by atoms with Crippen LogP contribution < -0.4 is 5.32 Å². The van der Waals surface area contributed by atoms with Gasteiger partial charge in [0, 0.05) is 25.2 Å². The molecule has 1 aliphatic carbocycles. The van der Waals surface area contributed by atoms with E-state index in [4.69, 9.17) is 0 Å². The molecular formula is C12H24N2. The molecular weight excluding hydrogens is 172 g/mol. The van der Waals surface area contributed by atoms with Crippen LogP contribution in [0.2, 0.25) is 0 Å². The Balaban J connectivity index is 1.77. The van der Waals surface area contributed by atoms with Gasteiger partial charge in [-0.2, -0.15) is 0 Å². The van der Waals surface area contributed by atoms with Gasteiger partial charge in [0.2, 0.25) is 0 Å². The number of hydrogen-bond donors (Lipinski definition) is 1. The smallest absolute Gasteiger partial charge is 0.0195 e. The van der Waals surface area contributed by atoms with Gasteiger partial charge in [-0.25, -0.2) is 0 Å². The lowest BCUT2D eigenvalue weighted by Gasteiger charge is -2.27. The normalized spacial score (nSPS) is 27.9. The summed E-state index contributed by atoms with van der Waals surface area (Å²) in [5, 5.41) is 3.60. The van der Waals surface area contributed by atoms with E-state index in [1.165, 1.54) is 45.3 Å². The molecule has 0 spiro atoms. The van der Waals surface area contributed by atoms with Crippen molar-refractivity contribution in [2.75, 3.05) is 19.6 Å². The fourth-order valence-corrected chi connectivity index (χ4v) is 2.48. The highest BCUT2D eigenvalue weighted by molar-refractivity contribution is 4.88. The average molecular weight is 196 g/mol. The number of nitrogens with one attached hydrogen (secondary N) is 1. The van der Waals surface area contributed by atoms with Crippen molar-refractivity contribution in [3.05, 3.63) is 0 Å². The van der Waals surface area contributed by atoms with Gasteiger partial charge < -0.3 is 5.32 Å². The lowest BCUT2D eigenvalue weighted by atomic mass is 10.1. The summed E-state index contributed by atoms with van der Waals surface area (Å²) in [7, 11) is 0. The van der Waals surface area contributed by atoms with E-state index in [-0.39, 0.29) is 0 Å². The van der Waals surface area contributed by atoms with Crippen molar-refractivity contribution >= 4 is 0 Å². The third-order valence-corrected chi connectivity index (χ3v) is 3.28. The first-order chi connectivity index (χ1) is 6.75. The number of rotatable bonds is 5. The van der Waals surface area contributed by atoms with Crippen molar-refractivity contribution in [2.45, 2.75) is 51.6 Å². The van der Waals surface area contributed by atoms with Gasteiger partial charge in [0.1, 0.15) is 0 Å². The van der Waals surface area contributed by atoms with E-state index in [0.717, 1.165) is 18.0 Å². The third-order valence-electron chi connectivity index (χ3n) is 3.28. The maximum atomic E-state index is 3.60. The van der Waals surface area contributed by atoms with Crippen LogP contribution in [0.15, 0.2) is 0 Å². The van der Waals surface area contributed by atoms with E-state index in [2.05, 4.69) is 24.1 Å². The van der Waals surface area contributed by atoms with Crippen LogP contribution in [0.4, 0.5) is 0 Å². The summed E-state index contributed by atoms with van der Waals surface area (Å²) in [6.45, 7) is 8.49. The Hall–Kier alpha value is -0.0800. The standard InChI is InChI=1S/C12H24N2/c1-10(2)8-14(12-5-6-12)9-11-4-3-7-13-11/h10-13H,3-9H2,1-2H3. The minimum absolute atomic E-state index is 0.786. The van der Waals surface area contributed by atoms with E-state index >= 15 is 0 Å². The highest BCUT2D eigenvalue weighted by atomic mass is 15.2. The largest absolute Gasteiger partial charge is 0.313 e. The zero-order valence-corrected chi connectivity index (χ0v) is 9.63. The van der Waals surface area contributed by atoms with Gasteiger partial charge in [0.15, 0.2) is 0 Å². The highest BCUT2D eigenvalue weighted by Gasteiger charge is 2.31. The van der Waals surface area contributed by atoms with E-state index < -0.39 is 0 Å². The van der Waals surface area contributed by atoms with Crippen molar-refractivity contribution in [3.8, 4) is 0 Å². The number of nitrogens with zero attached hydrogens (tertiary/aromatic N) is 1. The Morgan fingerprint density at radius 2 is 2.07 bits per heavy atom. The molecule has 1 saturated carbocycles. The van der Waals surface area contributed by atoms with Gasteiger partial charge in [-0.1, -0.05) is 13.8 Å². The molecule has 1 heterocycles. The molecule has 2 aliphatic rings. The molecule has 1 N–H and O–H groups in total. The molecule has 1 aliphatic heterocycles. The Bertz CT molecular complexity index is 169. The number of hydrogen-bond acceptors (Lipinski definition) is 2. The quantitative estimate of drug-likeness (QED) is 0.722. The second-order valence-corrected chi connectivity index (χ2v) is 5.37. The lowest BCUT2D eigenvalue weighted by Crippen LogP contribution is -2.40. The highest BCUT2D eigenvalue weighted by Crippen LogP contribution is 2.28. The molecule has 0 aromatic rings. The lowest BCUT2D eigenvalue weighted by molar-refractivity contribution is 0.215. The maximum absolute atomic E-state index is 3.60. The summed E-state index contributed by atoms with van der Waals surface area (Å²) >= 11 is 0. The molecule has 1 saturated heterocycles. The van der Waals surface area contributed by atoms with Gasteiger partial charge >= 0.3 is 0 Å². The maximum Gasteiger partial charge on any atom is 0.0195 e. The van der Waals surface area contributed by atoms with Crippen LogP contribution in [0.5, 0.6) is 0 Å². The molecule has 0 amide bonds. The Kier molecular flexibility index (Phi) is 3.45. The first-order valence-electron chi connectivity index (χ1n) is 6.23. The van der Waals surface area contributed by atoms with E-state index in [1.54, 1.807) is 0 Å². The molecule has 2 heteroatoms. The van der Waals surface area contributed by atoms with Gasteiger partial charge in [-0.15, -0.1) is 0 Å². The Labute approximate surface area is 88.1 Å². The first kappa shape index (κ1) is 10.4. The van der Waals surface area contributed by atoms with Gasteiger partial charge in [0.25, 0.3) is 0 Å².